The van der Waals surface area contributed by atoms with Crippen molar-refractivity contribution >= 4 is 29.1 Å². The number of alkyl halides is 3. The van der Waals surface area contributed by atoms with Crippen LogP contribution in [-0.2, 0) is 6.42 Å². The molecule has 0 aliphatic carbocycles. The second-order valence-corrected chi connectivity index (χ2v) is 8.34. The molecule has 4 aromatic rings. The number of hydrogen-bond donors (Lipinski definition) is 3. The first kappa shape index (κ1) is 25.8. The zero-order valence-corrected chi connectivity index (χ0v) is 20.1. The Balaban J connectivity index is 1.43. The molecule has 0 atom stereocenters. The molecule has 0 aliphatic heterocycles. The first-order valence-corrected chi connectivity index (χ1v) is 11.3. The van der Waals surface area contributed by atoms with Crippen LogP contribution in [0.25, 0.3) is 11.1 Å². The number of nitrogens with one attached hydrogen (secondary N) is 3. The molecule has 0 radical (unpaired) electrons. The predicted molar refractivity (Wildman–Crippen MR) is 133 cm³/mol. The average Bonchev–Trinajstić information content (AvgIpc) is 3.36. The lowest BCUT2D eigenvalue weighted by Crippen LogP contribution is -2.18. The van der Waals surface area contributed by atoms with Gasteiger partial charge in [-0.05, 0) is 59.2 Å². The highest BCUT2D eigenvalue weighted by atomic mass is 35.5. The monoisotopic (exact) mass is 528 g/mol. The number of ether oxygens (including phenoxy) is 1. The van der Waals surface area contributed by atoms with E-state index in [-0.39, 0.29) is 33.6 Å². The van der Waals surface area contributed by atoms with E-state index in [4.69, 9.17) is 16.3 Å². The molecule has 0 aliphatic rings. The molecule has 0 spiro atoms. The van der Waals surface area contributed by atoms with E-state index >= 15 is 0 Å². The number of anilines is 1. The molecule has 0 saturated carbocycles. The number of amides is 2. The Morgan fingerprint density at radius 1 is 0.973 bits per heavy atom. The molecule has 3 N–H and O–H groups in total. The minimum absolute atomic E-state index is 0.0271. The van der Waals surface area contributed by atoms with Gasteiger partial charge < -0.3 is 20.4 Å². The summed E-state index contributed by atoms with van der Waals surface area (Å²) < 4.78 is 44.1. The maximum Gasteiger partial charge on any atom is 0.393 e. The van der Waals surface area contributed by atoms with Gasteiger partial charge in [-0.25, -0.2) is 0 Å². The van der Waals surface area contributed by atoms with Gasteiger partial charge in [0.15, 0.2) is 0 Å². The van der Waals surface area contributed by atoms with Crippen LogP contribution in [0, 0.1) is 0 Å². The van der Waals surface area contributed by atoms with Crippen LogP contribution in [0.5, 0.6) is 11.5 Å². The summed E-state index contributed by atoms with van der Waals surface area (Å²) in [5, 5.41) is 5.05. The molecule has 0 fully saturated rings. The Kier molecular flexibility index (Phi) is 7.49. The third-order valence-corrected chi connectivity index (χ3v) is 5.61. The fourth-order valence-electron chi connectivity index (χ4n) is 3.47. The van der Waals surface area contributed by atoms with Gasteiger partial charge in [0.25, 0.3) is 11.8 Å². The van der Waals surface area contributed by atoms with Crippen molar-refractivity contribution in [1.29, 1.82) is 0 Å². The Morgan fingerprint density at radius 3 is 2.43 bits per heavy atom. The molecule has 2 heterocycles. The third kappa shape index (κ3) is 6.68. The third-order valence-electron chi connectivity index (χ3n) is 5.24. The summed E-state index contributed by atoms with van der Waals surface area (Å²) in [7, 11) is 1.51. The molecule has 0 saturated heterocycles. The summed E-state index contributed by atoms with van der Waals surface area (Å²) in [6, 6.07) is 15.8. The Morgan fingerprint density at radius 2 is 1.73 bits per heavy atom. The largest absolute Gasteiger partial charge is 0.457 e. The molecule has 2 aromatic carbocycles. The number of halogens is 4. The number of carbonyl (C=O) groups excluding carboxylic acids is 2. The fourth-order valence-corrected chi connectivity index (χ4v) is 3.66. The van der Waals surface area contributed by atoms with Crippen LogP contribution in [0.15, 0.2) is 73.1 Å². The van der Waals surface area contributed by atoms with Gasteiger partial charge in [-0.15, -0.1) is 0 Å². The second kappa shape index (κ2) is 10.8. The van der Waals surface area contributed by atoms with Gasteiger partial charge >= 0.3 is 6.18 Å². The molecule has 37 heavy (non-hydrogen) atoms. The summed E-state index contributed by atoms with van der Waals surface area (Å²) in [6.07, 6.45) is -2.51. The van der Waals surface area contributed by atoms with Crippen molar-refractivity contribution in [3.8, 4) is 22.6 Å². The van der Waals surface area contributed by atoms with Crippen LogP contribution in [-0.4, -0.2) is 35.0 Å². The summed E-state index contributed by atoms with van der Waals surface area (Å²) in [5.74, 6) is 0.133. The zero-order valence-electron chi connectivity index (χ0n) is 19.3. The molecule has 2 amide bonds. The molecule has 4 rings (SSSR count). The predicted octanol–water partition coefficient (Wildman–Crippen LogP) is 6.24. The number of aromatic nitrogens is 2. The molecule has 0 unspecified atom stereocenters. The van der Waals surface area contributed by atoms with Crippen LogP contribution >= 0.6 is 11.6 Å². The molecule has 2 aromatic heterocycles. The lowest BCUT2D eigenvalue weighted by molar-refractivity contribution is -0.127. The van der Waals surface area contributed by atoms with E-state index in [0.717, 1.165) is 11.1 Å². The van der Waals surface area contributed by atoms with E-state index in [1.54, 1.807) is 42.6 Å². The quantitative estimate of drug-likeness (QED) is 0.264. The number of H-pyrrole nitrogens is 1. The van der Waals surface area contributed by atoms with Crippen molar-refractivity contribution in [1.82, 2.24) is 15.3 Å². The van der Waals surface area contributed by atoms with Crippen LogP contribution in [0.1, 0.15) is 26.5 Å². The average molecular weight is 529 g/mol. The Hall–Kier alpha value is -4.31. The van der Waals surface area contributed by atoms with Gasteiger partial charge in [-0.3, -0.25) is 14.6 Å². The smallest absolute Gasteiger partial charge is 0.393 e. The summed E-state index contributed by atoms with van der Waals surface area (Å²) in [6.45, 7) is 0. The Labute approximate surface area is 214 Å². The van der Waals surface area contributed by atoms with E-state index < -0.39 is 18.5 Å². The summed E-state index contributed by atoms with van der Waals surface area (Å²) in [5.41, 5.74) is 2.03. The normalized spacial score (nSPS) is 11.2. The highest BCUT2D eigenvalue weighted by molar-refractivity contribution is 6.31. The first-order chi connectivity index (χ1) is 17.6. The minimum Gasteiger partial charge on any atom is -0.457 e. The van der Waals surface area contributed by atoms with E-state index in [0.29, 0.717) is 11.5 Å². The first-order valence-electron chi connectivity index (χ1n) is 10.9. The maximum atomic E-state index is 12.8. The number of nitrogens with zero attached hydrogens (tertiary/aromatic N) is 1. The van der Waals surface area contributed by atoms with Gasteiger partial charge in [0, 0.05) is 36.2 Å². The zero-order chi connectivity index (χ0) is 26.6. The number of aromatic amines is 1. The molecule has 190 valence electrons. The van der Waals surface area contributed by atoms with Gasteiger partial charge in [0.05, 0.1) is 6.42 Å². The van der Waals surface area contributed by atoms with Crippen molar-refractivity contribution < 1.29 is 27.5 Å². The Bertz CT molecular complexity index is 1440. The van der Waals surface area contributed by atoms with Gasteiger partial charge in [-0.2, -0.15) is 13.2 Å². The summed E-state index contributed by atoms with van der Waals surface area (Å²) in [4.78, 5) is 31.2. The second-order valence-electron chi connectivity index (χ2n) is 7.94. The molecular weight excluding hydrogens is 509 g/mol. The minimum atomic E-state index is -4.42. The molecule has 11 heteroatoms. The van der Waals surface area contributed by atoms with Crippen molar-refractivity contribution in [3.63, 3.8) is 0 Å². The summed E-state index contributed by atoms with van der Waals surface area (Å²) >= 11 is 5.86. The van der Waals surface area contributed by atoms with E-state index in [2.05, 4.69) is 20.6 Å². The molecular formula is C26H20ClF3N4O3. The van der Waals surface area contributed by atoms with E-state index in [9.17, 15) is 22.8 Å². The lowest BCUT2D eigenvalue weighted by atomic mass is 10.1. The van der Waals surface area contributed by atoms with Gasteiger partial charge in [-0.1, -0.05) is 23.7 Å². The topological polar surface area (TPSA) is 96.1 Å². The number of rotatable bonds is 7. The lowest BCUT2D eigenvalue weighted by Gasteiger charge is -2.11. The van der Waals surface area contributed by atoms with Crippen molar-refractivity contribution in [2.45, 2.75) is 12.6 Å². The van der Waals surface area contributed by atoms with Crippen molar-refractivity contribution in [2.75, 3.05) is 12.4 Å². The van der Waals surface area contributed by atoms with Crippen molar-refractivity contribution in [3.05, 3.63) is 95.0 Å². The highest BCUT2D eigenvalue weighted by Crippen LogP contribution is 2.29. The standard InChI is InChI=1S/C26H20ClF3N4O3/c1-31-24(35)23-12-20(8-9-32-23)37-19-5-2-15(3-6-19)17-11-22(33-14-17)25(36)34-18-4-7-21(27)16(10-18)13-26(28,29)30/h2-12,14,33H,13H2,1H3,(H,31,35)(H,34,36). The fraction of sp³-hybridized carbons (Fsp3) is 0.115. The SMILES string of the molecule is CNC(=O)c1cc(Oc2ccc(-c3c[nH]c(C(=O)Nc4ccc(Cl)c(CC(F)(F)F)c4)c3)cc2)ccn1. The van der Waals surface area contributed by atoms with Crippen LogP contribution < -0.4 is 15.4 Å². The number of pyridine rings is 1. The van der Waals surface area contributed by atoms with Crippen LogP contribution in [0.3, 0.4) is 0 Å². The van der Waals surface area contributed by atoms with Crippen LogP contribution in [0.4, 0.5) is 18.9 Å². The van der Waals surface area contributed by atoms with Gasteiger partial charge in [0.1, 0.15) is 22.9 Å². The van der Waals surface area contributed by atoms with Gasteiger partial charge in [0.2, 0.25) is 0 Å². The highest BCUT2D eigenvalue weighted by Gasteiger charge is 2.29. The maximum absolute atomic E-state index is 12.8. The number of hydrogen-bond acceptors (Lipinski definition) is 4. The van der Waals surface area contributed by atoms with E-state index in [1.807, 2.05) is 0 Å². The molecule has 0 bridgehead atoms. The van der Waals surface area contributed by atoms with Crippen LogP contribution in [0.2, 0.25) is 5.02 Å². The number of carbonyl (C=O) groups is 2. The van der Waals surface area contributed by atoms with Crippen molar-refractivity contribution in [2.24, 2.45) is 0 Å². The van der Waals surface area contributed by atoms with E-state index in [1.165, 1.54) is 37.5 Å². The number of benzene rings is 2. The molecule has 7 nitrogen and oxygen atoms in total.